The minimum absolute atomic E-state index is 0.225. The van der Waals surface area contributed by atoms with Gasteiger partial charge in [-0.1, -0.05) is 48.5 Å². The van der Waals surface area contributed by atoms with E-state index in [0.717, 1.165) is 60.1 Å². The Balaban J connectivity index is 1.34. The van der Waals surface area contributed by atoms with Crippen LogP contribution in [0, 0.1) is 0 Å². The first kappa shape index (κ1) is 20.8. The van der Waals surface area contributed by atoms with Gasteiger partial charge in [0.05, 0.1) is 20.1 Å². The van der Waals surface area contributed by atoms with Crippen molar-refractivity contribution in [2.24, 2.45) is 0 Å². The minimum Gasteiger partial charge on any atom is -0.454 e. The maximum Gasteiger partial charge on any atom is 0.348 e. The summed E-state index contributed by atoms with van der Waals surface area (Å²) in [5.74, 6) is -0.579. The van der Waals surface area contributed by atoms with Crippen LogP contribution in [0.25, 0.3) is 11.1 Å². The van der Waals surface area contributed by atoms with Crippen LogP contribution in [0.3, 0.4) is 0 Å². The van der Waals surface area contributed by atoms with Gasteiger partial charge in [-0.15, -0.1) is 0 Å². The second-order valence-electron chi connectivity index (χ2n) is 9.22. The number of benzene rings is 2. The van der Waals surface area contributed by atoms with E-state index in [2.05, 4.69) is 17.0 Å². The van der Waals surface area contributed by atoms with Crippen LogP contribution in [0.15, 0.2) is 67.3 Å². The first-order chi connectivity index (χ1) is 15.5. The highest BCUT2D eigenvalue weighted by molar-refractivity contribution is 5.96. The molecule has 2 aromatic carbocycles. The third kappa shape index (κ3) is 3.59. The summed E-state index contributed by atoms with van der Waals surface area (Å²) in [5, 5.41) is 11.7. The molecule has 3 aromatic rings. The molecule has 2 atom stereocenters. The number of quaternary nitrogens is 1. The number of aliphatic hydroxyl groups is 1. The molecular formula is C26H28N3O3+. The Labute approximate surface area is 188 Å². The van der Waals surface area contributed by atoms with Gasteiger partial charge in [0.2, 0.25) is 5.60 Å². The average molecular weight is 431 g/mol. The summed E-state index contributed by atoms with van der Waals surface area (Å²) in [6.07, 6.45) is 7.69. The average Bonchev–Trinajstić information content (AvgIpc) is 3.09. The molecule has 0 amide bonds. The summed E-state index contributed by atoms with van der Waals surface area (Å²) in [5.41, 5.74) is 2.31. The second kappa shape index (κ2) is 8.11. The molecule has 2 aliphatic rings. The van der Waals surface area contributed by atoms with Crippen LogP contribution in [0.1, 0.15) is 29.5 Å². The van der Waals surface area contributed by atoms with Gasteiger partial charge in [0.1, 0.15) is 12.9 Å². The number of piperidine rings is 1. The lowest BCUT2D eigenvalue weighted by atomic mass is 9.91. The summed E-state index contributed by atoms with van der Waals surface area (Å²) in [7, 11) is 2.21. The summed E-state index contributed by atoms with van der Waals surface area (Å²) in [4.78, 5) is 21.7. The zero-order valence-corrected chi connectivity index (χ0v) is 18.3. The van der Waals surface area contributed by atoms with Crippen LogP contribution in [0.4, 0.5) is 0 Å². The van der Waals surface area contributed by atoms with Crippen molar-refractivity contribution in [1.82, 2.24) is 9.97 Å². The molecule has 6 heteroatoms. The predicted octanol–water partition coefficient (Wildman–Crippen LogP) is 3.09. The molecule has 0 radical (unpaired) electrons. The predicted molar refractivity (Wildman–Crippen MR) is 121 cm³/mol. The van der Waals surface area contributed by atoms with Gasteiger partial charge in [0, 0.05) is 36.4 Å². The normalized spacial score (nSPS) is 23.2. The van der Waals surface area contributed by atoms with Crippen LogP contribution >= 0.6 is 0 Å². The largest absolute Gasteiger partial charge is 0.454 e. The van der Waals surface area contributed by atoms with Crippen molar-refractivity contribution in [3.8, 4) is 11.1 Å². The zero-order valence-electron chi connectivity index (χ0n) is 18.3. The van der Waals surface area contributed by atoms with Gasteiger partial charge in [-0.3, -0.25) is 0 Å². The first-order valence-corrected chi connectivity index (χ1v) is 11.2. The zero-order chi connectivity index (χ0) is 22.2. The molecular weight excluding hydrogens is 402 g/mol. The number of carbonyl (C=O) groups is 1. The Bertz CT molecular complexity index is 1090. The van der Waals surface area contributed by atoms with Crippen molar-refractivity contribution in [2.75, 3.05) is 26.7 Å². The SMILES string of the molecule is C[N@+]1(CCc2cncnc2)CCCC(OC(=O)C2(O)c3ccccc3-c3ccccc32)C1. The lowest BCUT2D eigenvalue weighted by Gasteiger charge is -2.41. The van der Waals surface area contributed by atoms with Gasteiger partial charge in [0.15, 0.2) is 6.10 Å². The molecule has 5 rings (SSSR count). The maximum absolute atomic E-state index is 13.5. The highest BCUT2D eigenvalue weighted by atomic mass is 16.6. The number of rotatable bonds is 5. The van der Waals surface area contributed by atoms with Crippen LogP contribution in [0.2, 0.25) is 0 Å². The van der Waals surface area contributed by atoms with Crippen molar-refractivity contribution in [1.29, 1.82) is 0 Å². The van der Waals surface area contributed by atoms with Crippen molar-refractivity contribution in [2.45, 2.75) is 31.0 Å². The monoisotopic (exact) mass is 430 g/mol. The molecule has 6 nitrogen and oxygen atoms in total. The number of carbonyl (C=O) groups excluding carboxylic acids is 1. The Morgan fingerprint density at radius 1 is 1.09 bits per heavy atom. The van der Waals surface area contributed by atoms with E-state index in [9.17, 15) is 9.90 Å². The number of hydrogen-bond donors (Lipinski definition) is 1. The molecule has 0 bridgehead atoms. The molecule has 1 N–H and O–H groups in total. The molecule has 1 saturated heterocycles. The number of nitrogens with zero attached hydrogens (tertiary/aromatic N) is 3. The van der Waals surface area contributed by atoms with Crippen LogP contribution in [0.5, 0.6) is 0 Å². The molecule has 1 fully saturated rings. The number of likely N-dealkylation sites (N-methyl/N-ethyl adjacent to an activating group) is 1. The van der Waals surface area contributed by atoms with Crippen molar-refractivity contribution >= 4 is 5.97 Å². The number of esters is 1. The Kier molecular flexibility index (Phi) is 5.27. The topological polar surface area (TPSA) is 72.3 Å². The minimum atomic E-state index is -1.77. The molecule has 0 saturated carbocycles. The van der Waals surface area contributed by atoms with Gasteiger partial charge in [0.25, 0.3) is 0 Å². The van der Waals surface area contributed by atoms with Crippen LogP contribution in [-0.4, -0.2) is 58.3 Å². The van der Waals surface area contributed by atoms with E-state index in [1.165, 1.54) is 0 Å². The molecule has 1 aliphatic carbocycles. The summed E-state index contributed by atoms with van der Waals surface area (Å²) in [6, 6.07) is 15.1. The molecule has 1 aliphatic heterocycles. The Morgan fingerprint density at radius 3 is 2.38 bits per heavy atom. The van der Waals surface area contributed by atoms with Crippen molar-refractivity contribution in [3.05, 3.63) is 83.9 Å². The quantitative estimate of drug-likeness (QED) is 0.498. The van der Waals surface area contributed by atoms with Crippen molar-refractivity contribution in [3.63, 3.8) is 0 Å². The van der Waals surface area contributed by atoms with E-state index in [1.54, 1.807) is 6.33 Å². The summed E-state index contributed by atoms with van der Waals surface area (Å²) in [6.45, 7) is 2.70. The highest BCUT2D eigenvalue weighted by Gasteiger charge is 2.50. The third-order valence-corrected chi connectivity index (χ3v) is 6.92. The highest BCUT2D eigenvalue weighted by Crippen LogP contribution is 2.48. The van der Waals surface area contributed by atoms with Gasteiger partial charge >= 0.3 is 5.97 Å². The molecule has 0 spiro atoms. The molecule has 164 valence electrons. The van der Waals surface area contributed by atoms with Crippen LogP contribution < -0.4 is 0 Å². The lowest BCUT2D eigenvalue weighted by Crippen LogP contribution is -2.55. The molecule has 32 heavy (non-hydrogen) atoms. The molecule has 1 aromatic heterocycles. The van der Waals surface area contributed by atoms with E-state index in [0.29, 0.717) is 11.1 Å². The van der Waals surface area contributed by atoms with E-state index in [4.69, 9.17) is 4.74 Å². The number of hydrogen-bond acceptors (Lipinski definition) is 5. The van der Waals surface area contributed by atoms with E-state index >= 15 is 0 Å². The van der Waals surface area contributed by atoms with E-state index < -0.39 is 11.6 Å². The maximum atomic E-state index is 13.5. The number of ether oxygens (including phenoxy) is 1. The van der Waals surface area contributed by atoms with Gasteiger partial charge in [-0.05, 0) is 23.1 Å². The van der Waals surface area contributed by atoms with E-state index in [1.807, 2.05) is 60.9 Å². The lowest BCUT2D eigenvalue weighted by molar-refractivity contribution is -0.916. The Hall–Kier alpha value is -3.09. The first-order valence-electron chi connectivity index (χ1n) is 11.2. The second-order valence-corrected chi connectivity index (χ2v) is 9.22. The Morgan fingerprint density at radius 2 is 1.72 bits per heavy atom. The summed E-state index contributed by atoms with van der Waals surface area (Å²) >= 11 is 0. The smallest absolute Gasteiger partial charge is 0.348 e. The number of likely N-dealkylation sites (tertiary alicyclic amines) is 1. The van der Waals surface area contributed by atoms with Gasteiger partial charge in [-0.2, -0.15) is 0 Å². The standard InChI is InChI=1S/C26H28N3O3/c1-29(14-12-19-15-27-18-28-16-19)13-6-7-20(17-29)32-25(30)26(31)23-10-4-2-8-21(23)22-9-3-5-11-24(22)26/h2-5,8-11,15-16,18,20,31H,6-7,12-14,17H2,1H3/q+1/t20?,29-/m1/s1. The molecule has 2 heterocycles. The fraction of sp³-hybridized carbons (Fsp3) is 0.346. The number of fused-ring (bicyclic) bond motifs is 3. The summed E-state index contributed by atoms with van der Waals surface area (Å²) < 4.78 is 6.83. The van der Waals surface area contributed by atoms with Gasteiger partial charge in [-0.25, -0.2) is 14.8 Å². The van der Waals surface area contributed by atoms with E-state index in [-0.39, 0.29) is 6.10 Å². The molecule has 1 unspecified atom stereocenters. The van der Waals surface area contributed by atoms with Crippen molar-refractivity contribution < 1.29 is 19.1 Å². The fourth-order valence-electron chi connectivity index (χ4n) is 5.20. The fourth-order valence-corrected chi connectivity index (χ4v) is 5.20. The third-order valence-electron chi connectivity index (χ3n) is 6.92. The van der Waals surface area contributed by atoms with Crippen LogP contribution in [-0.2, 0) is 21.6 Å². The van der Waals surface area contributed by atoms with Gasteiger partial charge < -0.3 is 14.3 Å². The number of aromatic nitrogens is 2.